The Balaban J connectivity index is 2.11. The van der Waals surface area contributed by atoms with Crippen LogP contribution < -0.4 is 0 Å². The molecule has 1 aromatic rings. The fourth-order valence-electron chi connectivity index (χ4n) is 2.76. The molecule has 0 unspecified atom stereocenters. The summed E-state index contributed by atoms with van der Waals surface area (Å²) in [5.41, 5.74) is 2.28. The molecule has 0 bridgehead atoms. The van der Waals surface area contributed by atoms with E-state index in [9.17, 15) is 9.90 Å². The Labute approximate surface area is 134 Å². The maximum Gasteiger partial charge on any atom is 0.356 e. The van der Waals surface area contributed by atoms with E-state index in [2.05, 4.69) is 37.7 Å². The molecule has 5 nitrogen and oxygen atoms in total. The topological polar surface area (TPSA) is 64.3 Å². The van der Waals surface area contributed by atoms with Crippen LogP contribution in [0.3, 0.4) is 0 Å². The normalized spacial score (nSPS) is 18.0. The first-order valence-corrected chi connectivity index (χ1v) is 10.7. The summed E-state index contributed by atoms with van der Waals surface area (Å²) in [5.74, 6) is 0.113. The van der Waals surface area contributed by atoms with Crippen molar-refractivity contribution in [1.29, 1.82) is 0 Å². The standard InChI is InChI=1S/C16H28N2O3S/c1-16(2)7-6-13-12(10-16)14(15(19)20)17-18(13)11-21-8-9-22(3,4)5/h6-11H2,1-5H3,(H,19,20). The van der Waals surface area contributed by atoms with Gasteiger partial charge in [0, 0.05) is 17.0 Å². The highest BCUT2D eigenvalue weighted by Crippen LogP contribution is 2.36. The number of hydrogen-bond acceptors (Lipinski definition) is 3. The number of ether oxygens (including phenoxy) is 1. The fourth-order valence-corrected chi connectivity index (χ4v) is 3.38. The summed E-state index contributed by atoms with van der Waals surface area (Å²) < 4.78 is 7.49. The van der Waals surface area contributed by atoms with Crippen LogP contribution in [0.5, 0.6) is 0 Å². The van der Waals surface area contributed by atoms with Crippen molar-refractivity contribution in [2.24, 2.45) is 5.41 Å². The summed E-state index contributed by atoms with van der Waals surface area (Å²) in [4.78, 5) is 11.4. The Morgan fingerprint density at radius 3 is 2.68 bits per heavy atom. The highest BCUT2D eigenvalue weighted by atomic mass is 32.3. The summed E-state index contributed by atoms with van der Waals surface area (Å²) in [6, 6.07) is 0. The van der Waals surface area contributed by atoms with Gasteiger partial charge in [0.1, 0.15) is 6.73 Å². The zero-order chi connectivity index (χ0) is 16.5. The number of hydrogen-bond donors (Lipinski definition) is 1. The van der Waals surface area contributed by atoms with Crippen LogP contribution in [0.2, 0.25) is 0 Å². The molecule has 6 heteroatoms. The van der Waals surface area contributed by atoms with Gasteiger partial charge in [-0.1, -0.05) is 13.8 Å². The van der Waals surface area contributed by atoms with Crippen molar-refractivity contribution in [1.82, 2.24) is 9.78 Å². The second-order valence-electron chi connectivity index (χ2n) is 7.75. The lowest BCUT2D eigenvalue weighted by molar-refractivity contribution is 0.0672. The van der Waals surface area contributed by atoms with Crippen molar-refractivity contribution in [2.75, 3.05) is 31.1 Å². The molecule has 0 saturated heterocycles. The lowest BCUT2D eigenvalue weighted by Crippen LogP contribution is -2.24. The van der Waals surface area contributed by atoms with E-state index < -0.39 is 16.0 Å². The first kappa shape index (κ1) is 17.3. The average molecular weight is 328 g/mol. The number of carboxylic acids is 1. The third-order valence-corrected chi connectivity index (χ3v) is 5.51. The lowest BCUT2D eigenvalue weighted by atomic mass is 9.76. The molecule has 0 aliphatic heterocycles. The predicted molar refractivity (Wildman–Crippen MR) is 91.2 cm³/mol. The van der Waals surface area contributed by atoms with Gasteiger partial charge in [0.25, 0.3) is 0 Å². The van der Waals surface area contributed by atoms with E-state index in [0.29, 0.717) is 13.3 Å². The summed E-state index contributed by atoms with van der Waals surface area (Å²) in [7, 11) is -0.568. The van der Waals surface area contributed by atoms with Crippen molar-refractivity contribution in [3.8, 4) is 0 Å². The molecule has 1 aliphatic carbocycles. The Morgan fingerprint density at radius 2 is 2.09 bits per heavy atom. The van der Waals surface area contributed by atoms with Crippen molar-refractivity contribution in [2.45, 2.75) is 39.8 Å². The van der Waals surface area contributed by atoms with Crippen LogP contribution in [0.15, 0.2) is 0 Å². The van der Waals surface area contributed by atoms with Crippen LogP contribution in [0.25, 0.3) is 0 Å². The second-order valence-corrected chi connectivity index (χ2v) is 12.3. The number of nitrogens with zero attached hydrogens (tertiary/aromatic N) is 2. The number of carbonyl (C=O) groups is 1. The predicted octanol–water partition coefficient (Wildman–Crippen LogP) is 2.76. The molecule has 1 aromatic heterocycles. The van der Waals surface area contributed by atoms with Crippen LogP contribution in [-0.4, -0.2) is 52.0 Å². The molecule has 2 rings (SSSR count). The van der Waals surface area contributed by atoms with Gasteiger partial charge in [0.05, 0.1) is 6.61 Å². The van der Waals surface area contributed by atoms with Gasteiger partial charge >= 0.3 is 5.97 Å². The fraction of sp³-hybridized carbons (Fsp3) is 0.750. The van der Waals surface area contributed by atoms with E-state index in [1.54, 1.807) is 4.68 Å². The zero-order valence-electron chi connectivity index (χ0n) is 14.3. The van der Waals surface area contributed by atoms with E-state index in [-0.39, 0.29) is 11.1 Å². The molecule has 1 N–H and O–H groups in total. The van der Waals surface area contributed by atoms with E-state index in [0.717, 1.165) is 36.3 Å². The maximum absolute atomic E-state index is 11.4. The third-order valence-electron chi connectivity index (χ3n) is 4.12. The van der Waals surface area contributed by atoms with Gasteiger partial charge in [-0.15, -0.1) is 0 Å². The SMILES string of the molecule is CC1(C)CCc2c(c(C(=O)O)nn2COCCS(C)(C)C)C1. The number of aromatic nitrogens is 2. The zero-order valence-corrected chi connectivity index (χ0v) is 15.1. The van der Waals surface area contributed by atoms with Gasteiger partial charge in [0.15, 0.2) is 5.69 Å². The van der Waals surface area contributed by atoms with Crippen molar-refractivity contribution in [3.63, 3.8) is 0 Å². The van der Waals surface area contributed by atoms with E-state index in [4.69, 9.17) is 4.74 Å². The van der Waals surface area contributed by atoms with Gasteiger partial charge in [-0.3, -0.25) is 0 Å². The lowest BCUT2D eigenvalue weighted by Gasteiger charge is -2.30. The highest BCUT2D eigenvalue weighted by Gasteiger charge is 2.32. The minimum Gasteiger partial charge on any atom is -0.476 e. The maximum atomic E-state index is 11.4. The van der Waals surface area contributed by atoms with Crippen molar-refractivity contribution < 1.29 is 14.6 Å². The van der Waals surface area contributed by atoms with Crippen LogP contribution in [0.4, 0.5) is 0 Å². The average Bonchev–Trinajstić information content (AvgIpc) is 2.70. The summed E-state index contributed by atoms with van der Waals surface area (Å²) in [6.45, 7) is 5.41. The van der Waals surface area contributed by atoms with Gasteiger partial charge in [0.2, 0.25) is 0 Å². The number of fused-ring (bicyclic) bond motifs is 1. The third kappa shape index (κ3) is 4.26. The Hall–Kier alpha value is -1.01. The van der Waals surface area contributed by atoms with Gasteiger partial charge in [-0.25, -0.2) is 19.5 Å². The molecule has 0 radical (unpaired) electrons. The van der Waals surface area contributed by atoms with Gasteiger partial charge in [-0.2, -0.15) is 5.10 Å². The van der Waals surface area contributed by atoms with E-state index >= 15 is 0 Å². The Bertz CT molecular complexity index is 558. The molecule has 22 heavy (non-hydrogen) atoms. The Kier molecular flexibility index (Phi) is 4.92. The van der Waals surface area contributed by atoms with Crippen molar-refractivity contribution in [3.05, 3.63) is 17.0 Å². The second kappa shape index (κ2) is 6.24. The van der Waals surface area contributed by atoms with Crippen LogP contribution in [0, 0.1) is 5.41 Å². The van der Waals surface area contributed by atoms with E-state index in [1.807, 2.05) is 0 Å². The first-order chi connectivity index (χ1) is 10.1. The monoisotopic (exact) mass is 328 g/mol. The van der Waals surface area contributed by atoms with Crippen LogP contribution in [-0.2, 0) is 24.3 Å². The molecule has 0 fully saturated rings. The minimum absolute atomic E-state index is 0.140. The molecule has 0 aromatic carbocycles. The molecular weight excluding hydrogens is 300 g/mol. The molecule has 0 amide bonds. The molecule has 0 atom stereocenters. The number of aromatic carboxylic acids is 1. The summed E-state index contributed by atoms with van der Waals surface area (Å²) >= 11 is 0. The summed E-state index contributed by atoms with van der Waals surface area (Å²) in [5, 5.41) is 13.7. The largest absolute Gasteiger partial charge is 0.476 e. The molecule has 126 valence electrons. The van der Waals surface area contributed by atoms with E-state index in [1.165, 1.54) is 0 Å². The quantitative estimate of drug-likeness (QED) is 0.816. The molecule has 0 saturated carbocycles. The van der Waals surface area contributed by atoms with Crippen LogP contribution >= 0.6 is 10.0 Å². The minimum atomic E-state index is -0.938. The molecule has 1 aliphatic rings. The van der Waals surface area contributed by atoms with Gasteiger partial charge < -0.3 is 9.84 Å². The van der Waals surface area contributed by atoms with Crippen molar-refractivity contribution >= 4 is 16.0 Å². The highest BCUT2D eigenvalue weighted by molar-refractivity contribution is 8.32. The smallest absolute Gasteiger partial charge is 0.356 e. The first-order valence-electron chi connectivity index (χ1n) is 7.65. The molecule has 0 spiro atoms. The van der Waals surface area contributed by atoms with Gasteiger partial charge in [-0.05, 0) is 43.4 Å². The summed E-state index contributed by atoms with van der Waals surface area (Å²) in [6.07, 6.45) is 9.48. The molecular formula is C16H28N2O3S. The number of carboxylic acid groups (broad SMARTS) is 1. The molecule has 1 heterocycles. The van der Waals surface area contributed by atoms with Crippen LogP contribution in [0.1, 0.15) is 42.0 Å². The number of rotatable bonds is 6. The Morgan fingerprint density at radius 1 is 1.41 bits per heavy atom.